The van der Waals surface area contributed by atoms with E-state index in [4.69, 9.17) is 0 Å². The number of rotatable bonds is 0. The number of aromatic nitrogens is 2. The molecule has 72 valence electrons. The molecule has 0 bridgehead atoms. The zero-order valence-electron chi connectivity index (χ0n) is 7.92. The van der Waals surface area contributed by atoms with Crippen molar-refractivity contribution in [3.8, 4) is 0 Å². The highest BCUT2D eigenvalue weighted by Gasteiger charge is 2.01. The minimum absolute atomic E-state index is 0.580. The maximum Gasteiger partial charge on any atom is 0.217 e. The van der Waals surface area contributed by atoms with E-state index < -0.39 is 0 Å². The number of hydrogen-bond donors (Lipinski definition) is 0. The van der Waals surface area contributed by atoms with Crippen LogP contribution in [0.5, 0.6) is 0 Å². The molecule has 0 saturated carbocycles. The summed E-state index contributed by atoms with van der Waals surface area (Å²) in [6, 6.07) is 12.1. The Balaban J connectivity index is 2.47. The van der Waals surface area contributed by atoms with Crippen molar-refractivity contribution in [3.63, 3.8) is 0 Å². The molecular weight excluding hydrogens is 188 g/mol. The van der Waals surface area contributed by atoms with Gasteiger partial charge in [-0.3, -0.25) is 0 Å². The molecule has 0 fully saturated rings. The molecule has 3 rings (SSSR count). The van der Waals surface area contributed by atoms with Gasteiger partial charge in [0.15, 0.2) is 0 Å². The van der Waals surface area contributed by atoms with Gasteiger partial charge in [-0.2, -0.15) is 0 Å². The van der Waals surface area contributed by atoms with Gasteiger partial charge >= 0.3 is 0 Å². The van der Waals surface area contributed by atoms with Crippen molar-refractivity contribution in [2.45, 2.75) is 0 Å². The van der Waals surface area contributed by atoms with Crippen LogP contribution in [0, 0.1) is 5.21 Å². The van der Waals surface area contributed by atoms with E-state index in [0.29, 0.717) is 4.85 Å². The lowest BCUT2D eigenvalue weighted by Crippen LogP contribution is -2.29. The smallest absolute Gasteiger partial charge is 0.217 e. The molecule has 0 aliphatic rings. The Labute approximate surface area is 86.2 Å². The maximum atomic E-state index is 11.0. The highest BCUT2D eigenvalue weighted by Crippen LogP contribution is 2.20. The molecule has 0 radical (unpaired) electrons. The van der Waals surface area contributed by atoms with Gasteiger partial charge in [0, 0.05) is 10.5 Å². The van der Waals surface area contributed by atoms with E-state index >= 15 is 0 Å². The zero-order chi connectivity index (χ0) is 10.3. The van der Waals surface area contributed by atoms with Gasteiger partial charge in [-0.1, -0.05) is 29.1 Å². The summed E-state index contributed by atoms with van der Waals surface area (Å²) in [5.41, 5.74) is 0. The molecule has 15 heavy (non-hydrogen) atoms. The fraction of sp³-hybridized carbons (Fsp3) is 0. The van der Waals surface area contributed by atoms with E-state index in [1.165, 1.54) is 6.20 Å². The third-order valence-electron chi connectivity index (χ3n) is 2.51. The van der Waals surface area contributed by atoms with Crippen molar-refractivity contribution in [2.75, 3.05) is 0 Å². The molecule has 0 atom stereocenters. The Hall–Kier alpha value is -2.16. The summed E-state index contributed by atoms with van der Waals surface area (Å²) in [7, 11) is 0. The summed E-state index contributed by atoms with van der Waals surface area (Å²) < 4.78 is 0. The molecule has 0 aliphatic heterocycles. The Morgan fingerprint density at radius 3 is 2.33 bits per heavy atom. The second-order valence-corrected chi connectivity index (χ2v) is 3.50. The lowest BCUT2D eigenvalue weighted by molar-refractivity contribution is -0.667. The van der Waals surface area contributed by atoms with Crippen molar-refractivity contribution < 1.29 is 4.85 Å². The molecule has 0 unspecified atom stereocenters. The third kappa shape index (κ3) is 1.29. The van der Waals surface area contributed by atoms with Gasteiger partial charge in [0.2, 0.25) is 6.20 Å². The average Bonchev–Trinajstić information content (AvgIpc) is 2.26. The van der Waals surface area contributed by atoms with Crippen LogP contribution in [0.1, 0.15) is 0 Å². The molecule has 3 aromatic rings. The van der Waals surface area contributed by atoms with E-state index in [-0.39, 0.29) is 0 Å². The molecule has 1 aromatic heterocycles. The normalized spacial score (nSPS) is 10.9. The molecule has 3 heteroatoms. The van der Waals surface area contributed by atoms with Gasteiger partial charge in [-0.05, 0) is 22.9 Å². The summed E-state index contributed by atoms with van der Waals surface area (Å²) in [6.45, 7) is 0. The first-order chi connectivity index (χ1) is 7.33. The molecule has 2 aromatic carbocycles. The SMILES string of the molecule is [O-][n+]1cc2cc3ccccc3cc2cn1. The molecule has 0 saturated heterocycles. The van der Waals surface area contributed by atoms with E-state index in [1.807, 2.05) is 36.4 Å². The van der Waals surface area contributed by atoms with Gasteiger partial charge in [0.05, 0.1) is 5.39 Å². The standard InChI is InChI=1S/C12H8N2O/c15-14-8-12-6-10-4-2-1-3-9(10)5-11(12)7-13-14/h1-8H. The summed E-state index contributed by atoms with van der Waals surface area (Å²) in [4.78, 5) is 0.580. The van der Waals surface area contributed by atoms with Crippen molar-refractivity contribution in [1.29, 1.82) is 0 Å². The lowest BCUT2D eigenvalue weighted by Gasteiger charge is -2.00. The Morgan fingerprint density at radius 1 is 0.933 bits per heavy atom. The van der Waals surface area contributed by atoms with Crippen molar-refractivity contribution >= 4 is 21.5 Å². The van der Waals surface area contributed by atoms with Crippen molar-refractivity contribution in [3.05, 3.63) is 54.0 Å². The van der Waals surface area contributed by atoms with Crippen molar-refractivity contribution in [1.82, 2.24) is 5.10 Å². The fourth-order valence-corrected chi connectivity index (χ4v) is 1.77. The predicted octanol–water partition coefficient (Wildman–Crippen LogP) is 2.02. The van der Waals surface area contributed by atoms with Crippen molar-refractivity contribution in [2.24, 2.45) is 0 Å². The lowest BCUT2D eigenvalue weighted by atomic mass is 10.1. The number of fused-ring (bicyclic) bond motifs is 2. The second-order valence-electron chi connectivity index (χ2n) is 3.50. The number of hydrogen-bond acceptors (Lipinski definition) is 2. The largest absolute Gasteiger partial charge is 0.594 e. The van der Waals surface area contributed by atoms with E-state index in [9.17, 15) is 5.21 Å². The van der Waals surface area contributed by atoms with Gasteiger partial charge in [-0.15, -0.1) is 0 Å². The quantitative estimate of drug-likeness (QED) is 0.313. The molecular formula is C12H8N2O. The van der Waals surface area contributed by atoms with Crippen LogP contribution < -0.4 is 4.85 Å². The summed E-state index contributed by atoms with van der Waals surface area (Å²) in [6.07, 6.45) is 3.08. The third-order valence-corrected chi connectivity index (χ3v) is 2.51. The van der Waals surface area contributed by atoms with Gasteiger partial charge < -0.3 is 5.21 Å². The Bertz CT molecular complexity index is 649. The molecule has 0 spiro atoms. The second kappa shape index (κ2) is 2.92. The summed E-state index contributed by atoms with van der Waals surface area (Å²) >= 11 is 0. The molecule has 3 nitrogen and oxygen atoms in total. The van der Waals surface area contributed by atoms with Crippen LogP contribution in [0.2, 0.25) is 0 Å². The highest BCUT2D eigenvalue weighted by molar-refractivity contribution is 5.97. The van der Waals surface area contributed by atoms with E-state index in [2.05, 4.69) is 5.10 Å². The first-order valence-corrected chi connectivity index (χ1v) is 4.71. The minimum atomic E-state index is 0.580. The highest BCUT2D eigenvalue weighted by atomic mass is 16.5. The van der Waals surface area contributed by atoms with E-state index in [0.717, 1.165) is 21.5 Å². The monoisotopic (exact) mass is 196 g/mol. The van der Waals surface area contributed by atoms with Crippen LogP contribution >= 0.6 is 0 Å². The van der Waals surface area contributed by atoms with Crippen LogP contribution in [0.25, 0.3) is 21.5 Å². The molecule has 0 N–H and O–H groups in total. The van der Waals surface area contributed by atoms with Crippen LogP contribution in [0.3, 0.4) is 0 Å². The first kappa shape index (κ1) is 8.17. The van der Waals surface area contributed by atoms with E-state index in [1.54, 1.807) is 6.20 Å². The number of nitrogens with zero attached hydrogens (tertiary/aromatic N) is 2. The zero-order valence-corrected chi connectivity index (χ0v) is 7.92. The number of benzene rings is 2. The predicted molar refractivity (Wildman–Crippen MR) is 58.2 cm³/mol. The summed E-state index contributed by atoms with van der Waals surface area (Å²) in [5, 5.41) is 18.9. The topological polar surface area (TPSA) is 39.8 Å². The van der Waals surface area contributed by atoms with Gasteiger partial charge in [0.1, 0.15) is 6.20 Å². The van der Waals surface area contributed by atoms with Crippen LogP contribution in [-0.2, 0) is 0 Å². The minimum Gasteiger partial charge on any atom is -0.594 e. The van der Waals surface area contributed by atoms with Crippen LogP contribution in [-0.4, -0.2) is 5.10 Å². The Morgan fingerprint density at radius 2 is 1.60 bits per heavy atom. The molecule has 1 heterocycles. The first-order valence-electron chi connectivity index (χ1n) is 4.71. The summed E-state index contributed by atoms with van der Waals surface area (Å²) in [5.74, 6) is 0. The average molecular weight is 196 g/mol. The molecule has 0 amide bonds. The maximum absolute atomic E-state index is 11.0. The van der Waals surface area contributed by atoms with Gasteiger partial charge in [-0.25, -0.2) is 0 Å². The molecule has 0 aliphatic carbocycles. The van der Waals surface area contributed by atoms with Crippen LogP contribution in [0.15, 0.2) is 48.8 Å². The fourth-order valence-electron chi connectivity index (χ4n) is 1.77. The Kier molecular flexibility index (Phi) is 1.59. The van der Waals surface area contributed by atoms with Gasteiger partial charge in [0.25, 0.3) is 0 Å². The van der Waals surface area contributed by atoms with Crippen LogP contribution in [0.4, 0.5) is 0 Å².